The first kappa shape index (κ1) is 22.6. The third kappa shape index (κ3) is 6.14. The first-order valence-electron chi connectivity index (χ1n) is 10.2. The van der Waals surface area contributed by atoms with Crippen molar-refractivity contribution in [3.63, 3.8) is 0 Å². The van der Waals surface area contributed by atoms with Gasteiger partial charge in [0.1, 0.15) is 11.5 Å². The van der Waals surface area contributed by atoms with E-state index in [1.807, 2.05) is 19.1 Å². The topological polar surface area (TPSA) is 65.0 Å². The number of rotatable bonds is 12. The molecule has 0 amide bonds. The average molecular weight is 401 g/mol. The van der Waals surface area contributed by atoms with Gasteiger partial charge in [0, 0.05) is 5.56 Å². The molecule has 158 valence electrons. The third-order valence-electron chi connectivity index (χ3n) is 4.93. The first-order chi connectivity index (χ1) is 14.0. The number of ether oxygens (including phenoxy) is 3. The lowest BCUT2D eigenvalue weighted by molar-refractivity contribution is 0.101. The number of aromatic hydroxyl groups is 1. The van der Waals surface area contributed by atoms with Gasteiger partial charge in [-0.3, -0.25) is 4.79 Å². The number of Topliss-reactive ketones (excluding diaryl/α,β-unsaturated/α-hetero) is 1. The van der Waals surface area contributed by atoms with Gasteiger partial charge in [-0.1, -0.05) is 19.4 Å². The molecule has 0 aliphatic carbocycles. The number of methoxy groups -OCH3 is 2. The van der Waals surface area contributed by atoms with Crippen molar-refractivity contribution in [1.29, 1.82) is 0 Å². The number of hydrogen-bond acceptors (Lipinski definition) is 5. The second-order valence-corrected chi connectivity index (χ2v) is 7.09. The smallest absolute Gasteiger partial charge is 0.163 e. The number of carbonyl (C=O) groups excluding carboxylic acids is 1. The average Bonchev–Trinajstić information content (AvgIpc) is 2.72. The monoisotopic (exact) mass is 400 g/mol. The quantitative estimate of drug-likeness (QED) is 0.384. The fourth-order valence-corrected chi connectivity index (χ4v) is 3.35. The molecule has 2 aromatic rings. The van der Waals surface area contributed by atoms with E-state index in [1.165, 1.54) is 12.5 Å². The summed E-state index contributed by atoms with van der Waals surface area (Å²) in [7, 11) is 3.28. The molecule has 0 radical (unpaired) electrons. The molecule has 29 heavy (non-hydrogen) atoms. The van der Waals surface area contributed by atoms with Crippen molar-refractivity contribution in [2.75, 3.05) is 20.8 Å². The summed E-state index contributed by atoms with van der Waals surface area (Å²) in [5, 5.41) is 10.4. The first-order valence-corrected chi connectivity index (χ1v) is 10.2. The van der Waals surface area contributed by atoms with Crippen LogP contribution in [0.1, 0.15) is 61.0 Å². The lowest BCUT2D eigenvalue weighted by Gasteiger charge is -2.14. The third-order valence-corrected chi connectivity index (χ3v) is 4.93. The van der Waals surface area contributed by atoms with Gasteiger partial charge in [0.05, 0.1) is 26.4 Å². The summed E-state index contributed by atoms with van der Waals surface area (Å²) in [6, 6.07) is 9.46. The van der Waals surface area contributed by atoms with Crippen LogP contribution in [0.4, 0.5) is 0 Å². The molecule has 2 aromatic carbocycles. The zero-order valence-corrected chi connectivity index (χ0v) is 17.9. The molecule has 0 spiro atoms. The van der Waals surface area contributed by atoms with E-state index in [1.54, 1.807) is 26.4 Å². The van der Waals surface area contributed by atoms with Crippen LogP contribution in [0.15, 0.2) is 30.3 Å². The Kier molecular flexibility index (Phi) is 8.84. The Morgan fingerprint density at radius 2 is 1.66 bits per heavy atom. The molecule has 0 saturated heterocycles. The maximum absolute atomic E-state index is 11.6. The Labute approximate surface area is 173 Å². The second-order valence-electron chi connectivity index (χ2n) is 7.09. The highest BCUT2D eigenvalue weighted by Crippen LogP contribution is 2.33. The van der Waals surface area contributed by atoms with Crippen LogP contribution >= 0.6 is 0 Å². The minimum atomic E-state index is -0.137. The van der Waals surface area contributed by atoms with E-state index in [2.05, 4.69) is 6.07 Å². The summed E-state index contributed by atoms with van der Waals surface area (Å²) in [6.07, 6.45) is 5.53. The number of phenolic OH excluding ortho intramolecular Hbond substituents is 1. The van der Waals surface area contributed by atoms with Crippen molar-refractivity contribution in [3.05, 3.63) is 47.0 Å². The standard InChI is InChI=1S/C24H32O5/c1-5-9-20-21(14-12-19(17(2)25)24(20)26)29-15-8-6-7-10-18-11-13-22(27-3)23(16-18)28-4/h11-14,16,26H,5-10,15H2,1-4H3. The molecule has 0 aliphatic rings. The molecule has 0 aliphatic heterocycles. The Hall–Kier alpha value is -2.69. The molecular formula is C24H32O5. The summed E-state index contributed by atoms with van der Waals surface area (Å²) >= 11 is 0. The maximum Gasteiger partial charge on any atom is 0.163 e. The molecule has 5 heteroatoms. The van der Waals surface area contributed by atoms with E-state index in [4.69, 9.17) is 14.2 Å². The molecule has 2 rings (SSSR count). The number of aryl methyl sites for hydroxylation is 1. The van der Waals surface area contributed by atoms with Gasteiger partial charge in [0.2, 0.25) is 0 Å². The van der Waals surface area contributed by atoms with E-state index in [9.17, 15) is 9.90 Å². The van der Waals surface area contributed by atoms with Gasteiger partial charge in [-0.25, -0.2) is 0 Å². The Balaban J connectivity index is 1.83. The van der Waals surface area contributed by atoms with Crippen molar-refractivity contribution in [2.45, 2.75) is 52.4 Å². The van der Waals surface area contributed by atoms with Crippen molar-refractivity contribution in [3.8, 4) is 23.0 Å². The largest absolute Gasteiger partial charge is 0.507 e. The SMILES string of the molecule is CCCc1c(OCCCCCc2ccc(OC)c(OC)c2)ccc(C(C)=O)c1O. The molecule has 5 nitrogen and oxygen atoms in total. The molecule has 0 fully saturated rings. The van der Waals surface area contributed by atoms with Crippen LogP contribution in [0.25, 0.3) is 0 Å². The van der Waals surface area contributed by atoms with Crippen LogP contribution in [0.5, 0.6) is 23.0 Å². The molecule has 0 bridgehead atoms. The Morgan fingerprint density at radius 1 is 0.931 bits per heavy atom. The molecule has 1 N–H and O–H groups in total. The maximum atomic E-state index is 11.6. The van der Waals surface area contributed by atoms with E-state index in [0.717, 1.165) is 49.2 Å². The van der Waals surface area contributed by atoms with E-state index < -0.39 is 0 Å². The number of unbranched alkanes of at least 4 members (excludes halogenated alkanes) is 2. The minimum Gasteiger partial charge on any atom is -0.507 e. The van der Waals surface area contributed by atoms with Crippen molar-refractivity contribution in [2.24, 2.45) is 0 Å². The number of benzene rings is 2. The Bertz CT molecular complexity index is 813. The highest BCUT2D eigenvalue weighted by Gasteiger charge is 2.15. The highest BCUT2D eigenvalue weighted by atomic mass is 16.5. The molecule has 0 aromatic heterocycles. The number of hydrogen-bond donors (Lipinski definition) is 1. The predicted molar refractivity (Wildman–Crippen MR) is 115 cm³/mol. The molecule has 0 heterocycles. The molecule has 0 unspecified atom stereocenters. The fraction of sp³-hybridized carbons (Fsp3) is 0.458. The normalized spacial score (nSPS) is 10.6. The van der Waals surface area contributed by atoms with Crippen LogP contribution in [-0.4, -0.2) is 31.7 Å². The summed E-state index contributed by atoms with van der Waals surface area (Å²) in [4.78, 5) is 11.6. The van der Waals surface area contributed by atoms with Gasteiger partial charge in [0.15, 0.2) is 17.3 Å². The van der Waals surface area contributed by atoms with Crippen LogP contribution in [0.3, 0.4) is 0 Å². The van der Waals surface area contributed by atoms with Gasteiger partial charge in [-0.05, 0) is 68.9 Å². The highest BCUT2D eigenvalue weighted by molar-refractivity contribution is 5.97. The zero-order valence-electron chi connectivity index (χ0n) is 17.9. The summed E-state index contributed by atoms with van der Waals surface area (Å²) < 4.78 is 16.5. The molecular weight excluding hydrogens is 368 g/mol. The van der Waals surface area contributed by atoms with Crippen LogP contribution in [0, 0.1) is 0 Å². The van der Waals surface area contributed by atoms with E-state index in [-0.39, 0.29) is 11.5 Å². The van der Waals surface area contributed by atoms with Crippen LogP contribution in [-0.2, 0) is 12.8 Å². The fourth-order valence-electron chi connectivity index (χ4n) is 3.35. The van der Waals surface area contributed by atoms with Crippen molar-refractivity contribution < 1.29 is 24.1 Å². The lowest BCUT2D eigenvalue weighted by Crippen LogP contribution is -2.03. The van der Waals surface area contributed by atoms with Gasteiger partial charge >= 0.3 is 0 Å². The summed E-state index contributed by atoms with van der Waals surface area (Å²) in [5.74, 6) is 2.10. The summed E-state index contributed by atoms with van der Waals surface area (Å²) in [5.41, 5.74) is 2.31. The van der Waals surface area contributed by atoms with E-state index >= 15 is 0 Å². The molecule has 0 atom stereocenters. The molecule has 0 saturated carbocycles. The van der Waals surface area contributed by atoms with Gasteiger partial charge < -0.3 is 19.3 Å². The van der Waals surface area contributed by atoms with E-state index in [0.29, 0.717) is 24.3 Å². The van der Waals surface area contributed by atoms with Crippen molar-refractivity contribution in [1.82, 2.24) is 0 Å². The van der Waals surface area contributed by atoms with Crippen LogP contribution < -0.4 is 14.2 Å². The second kappa shape index (κ2) is 11.3. The Morgan fingerprint density at radius 3 is 2.31 bits per heavy atom. The van der Waals surface area contributed by atoms with Crippen molar-refractivity contribution >= 4 is 5.78 Å². The summed E-state index contributed by atoms with van der Waals surface area (Å²) in [6.45, 7) is 4.09. The van der Waals surface area contributed by atoms with Gasteiger partial charge in [-0.2, -0.15) is 0 Å². The zero-order chi connectivity index (χ0) is 21.2. The minimum absolute atomic E-state index is 0.0605. The van der Waals surface area contributed by atoms with Gasteiger partial charge in [-0.15, -0.1) is 0 Å². The van der Waals surface area contributed by atoms with Crippen LogP contribution in [0.2, 0.25) is 0 Å². The van der Waals surface area contributed by atoms with Gasteiger partial charge in [0.25, 0.3) is 0 Å². The lowest BCUT2D eigenvalue weighted by atomic mass is 10.0. The number of carbonyl (C=O) groups is 1. The number of ketones is 1. The predicted octanol–water partition coefficient (Wildman–Crippen LogP) is 5.36. The number of phenols is 1.